The second kappa shape index (κ2) is 9.82. The van der Waals surface area contributed by atoms with E-state index in [-0.39, 0.29) is 12.0 Å². The number of benzene rings is 2. The van der Waals surface area contributed by atoms with Crippen molar-refractivity contribution in [3.8, 4) is 5.75 Å². The van der Waals surface area contributed by atoms with Crippen LogP contribution in [-0.2, 0) is 26.9 Å². The number of amides is 1. The van der Waals surface area contributed by atoms with Crippen LogP contribution in [0.2, 0.25) is 5.02 Å². The van der Waals surface area contributed by atoms with Gasteiger partial charge in [-0.1, -0.05) is 29.8 Å². The maximum absolute atomic E-state index is 12.7. The molecule has 2 atom stereocenters. The van der Waals surface area contributed by atoms with Gasteiger partial charge in [-0.3, -0.25) is 4.79 Å². The third-order valence-corrected chi connectivity index (χ3v) is 4.56. The number of ether oxygens (including phenoxy) is 2. The molecule has 0 aliphatic heterocycles. The van der Waals surface area contributed by atoms with Crippen molar-refractivity contribution in [2.45, 2.75) is 24.7 Å². The third-order valence-electron chi connectivity index (χ3n) is 4.26. The van der Waals surface area contributed by atoms with Crippen molar-refractivity contribution in [1.82, 2.24) is 5.32 Å². The van der Waals surface area contributed by atoms with E-state index in [0.717, 1.165) is 31.4 Å². The second-order valence-corrected chi connectivity index (χ2v) is 6.69. The number of methoxy groups -OCH3 is 2. The Morgan fingerprint density at radius 2 is 1.77 bits per heavy atom. The molecule has 162 valence electrons. The Hall–Kier alpha value is -2.78. The number of aliphatic hydroxyl groups excluding tert-OH is 1. The van der Waals surface area contributed by atoms with Crippen molar-refractivity contribution < 1.29 is 37.3 Å². The van der Waals surface area contributed by atoms with Crippen LogP contribution in [0.3, 0.4) is 0 Å². The van der Waals surface area contributed by atoms with Crippen molar-refractivity contribution in [2.75, 3.05) is 14.2 Å². The van der Waals surface area contributed by atoms with Crippen LogP contribution in [0.15, 0.2) is 42.5 Å². The van der Waals surface area contributed by atoms with Gasteiger partial charge in [-0.15, -0.1) is 0 Å². The lowest BCUT2D eigenvalue weighted by Gasteiger charge is -2.19. The summed E-state index contributed by atoms with van der Waals surface area (Å²) in [6, 6.07) is 7.11. The first-order valence-corrected chi connectivity index (χ1v) is 9.00. The molecular formula is C20H19ClF3NO5. The summed E-state index contributed by atoms with van der Waals surface area (Å²) in [7, 11) is 2.58. The molecule has 0 aliphatic rings. The van der Waals surface area contributed by atoms with Crippen molar-refractivity contribution >= 4 is 23.5 Å². The SMILES string of the molecule is COC(=O)[C@H](Cc1ccc(OC)c(Cl)c1)NC(=O)[C@@H](O)c1ccc(C(F)(F)F)cc1. The Kier molecular flexibility index (Phi) is 7.69. The number of nitrogens with one attached hydrogen (secondary N) is 1. The molecule has 1 amide bonds. The summed E-state index contributed by atoms with van der Waals surface area (Å²) >= 11 is 6.06. The molecule has 0 aromatic heterocycles. The van der Waals surface area contributed by atoms with Crippen LogP contribution in [0.1, 0.15) is 22.8 Å². The maximum Gasteiger partial charge on any atom is 0.416 e. The first-order valence-electron chi connectivity index (χ1n) is 8.62. The van der Waals surface area contributed by atoms with E-state index in [0.29, 0.717) is 16.3 Å². The molecular weight excluding hydrogens is 427 g/mol. The van der Waals surface area contributed by atoms with Crippen LogP contribution in [-0.4, -0.2) is 37.2 Å². The van der Waals surface area contributed by atoms with E-state index in [1.54, 1.807) is 18.2 Å². The number of hydrogen-bond donors (Lipinski definition) is 2. The molecule has 0 radical (unpaired) electrons. The highest BCUT2D eigenvalue weighted by Gasteiger charge is 2.31. The quantitative estimate of drug-likeness (QED) is 0.639. The summed E-state index contributed by atoms with van der Waals surface area (Å²) in [5.41, 5.74) is -0.389. The zero-order chi connectivity index (χ0) is 22.5. The van der Waals surface area contributed by atoms with E-state index < -0.39 is 35.8 Å². The predicted octanol–water partition coefficient (Wildman–Crippen LogP) is 3.30. The largest absolute Gasteiger partial charge is 0.495 e. The molecule has 0 unspecified atom stereocenters. The van der Waals surface area contributed by atoms with E-state index in [1.165, 1.54) is 7.11 Å². The summed E-state index contributed by atoms with van der Waals surface area (Å²) in [4.78, 5) is 24.4. The Morgan fingerprint density at radius 3 is 2.27 bits per heavy atom. The summed E-state index contributed by atoms with van der Waals surface area (Å²) < 4.78 is 47.7. The highest BCUT2D eigenvalue weighted by atomic mass is 35.5. The molecule has 30 heavy (non-hydrogen) atoms. The second-order valence-electron chi connectivity index (χ2n) is 6.28. The molecule has 0 fully saturated rings. The molecule has 2 N–H and O–H groups in total. The molecule has 2 aromatic rings. The first kappa shape index (κ1) is 23.5. The van der Waals surface area contributed by atoms with Gasteiger partial charge in [0.15, 0.2) is 6.10 Å². The zero-order valence-corrected chi connectivity index (χ0v) is 16.8. The minimum absolute atomic E-state index is 0.00184. The minimum Gasteiger partial charge on any atom is -0.495 e. The molecule has 2 rings (SSSR count). The molecule has 0 bridgehead atoms. The Morgan fingerprint density at radius 1 is 1.13 bits per heavy atom. The molecule has 0 spiro atoms. The molecule has 0 saturated heterocycles. The smallest absolute Gasteiger partial charge is 0.416 e. The van der Waals surface area contributed by atoms with Gasteiger partial charge in [0.05, 0.1) is 24.8 Å². The topological polar surface area (TPSA) is 84.9 Å². The van der Waals surface area contributed by atoms with E-state index in [2.05, 4.69) is 10.1 Å². The van der Waals surface area contributed by atoms with Crippen molar-refractivity contribution in [2.24, 2.45) is 0 Å². The van der Waals surface area contributed by atoms with Gasteiger partial charge in [-0.25, -0.2) is 4.79 Å². The Labute approximate surface area is 175 Å². The van der Waals surface area contributed by atoms with Gasteiger partial charge in [0.1, 0.15) is 11.8 Å². The third kappa shape index (κ3) is 5.87. The highest BCUT2D eigenvalue weighted by Crippen LogP contribution is 2.30. The molecule has 0 saturated carbocycles. The van der Waals surface area contributed by atoms with Crippen molar-refractivity contribution in [3.63, 3.8) is 0 Å². The van der Waals surface area contributed by atoms with Gasteiger partial charge in [-0.2, -0.15) is 13.2 Å². The van der Waals surface area contributed by atoms with Crippen LogP contribution in [0.25, 0.3) is 0 Å². The maximum atomic E-state index is 12.7. The minimum atomic E-state index is -4.54. The lowest BCUT2D eigenvalue weighted by molar-refractivity contribution is -0.146. The van der Waals surface area contributed by atoms with Gasteiger partial charge in [0.25, 0.3) is 5.91 Å². The number of hydrogen-bond acceptors (Lipinski definition) is 5. The lowest BCUT2D eigenvalue weighted by Crippen LogP contribution is -2.45. The number of aliphatic hydroxyl groups is 1. The van der Waals surface area contributed by atoms with E-state index in [9.17, 15) is 27.9 Å². The number of halogens is 4. The number of carbonyl (C=O) groups is 2. The molecule has 0 heterocycles. The summed E-state index contributed by atoms with van der Waals surface area (Å²) in [5.74, 6) is -1.31. The zero-order valence-electron chi connectivity index (χ0n) is 16.0. The van der Waals surface area contributed by atoms with Crippen molar-refractivity contribution in [3.05, 3.63) is 64.2 Å². The van der Waals surface area contributed by atoms with Gasteiger partial charge in [0.2, 0.25) is 0 Å². The van der Waals surface area contributed by atoms with Gasteiger partial charge in [0, 0.05) is 6.42 Å². The van der Waals surface area contributed by atoms with Crippen LogP contribution < -0.4 is 10.1 Å². The van der Waals surface area contributed by atoms with Gasteiger partial charge < -0.3 is 19.9 Å². The first-order chi connectivity index (χ1) is 14.1. The van der Waals surface area contributed by atoms with E-state index in [4.69, 9.17) is 16.3 Å². The summed E-state index contributed by atoms with van der Waals surface area (Å²) in [6.07, 6.45) is -6.32. The fraction of sp³-hybridized carbons (Fsp3) is 0.300. The summed E-state index contributed by atoms with van der Waals surface area (Å²) in [6.45, 7) is 0. The standard InChI is InChI=1S/C20H19ClF3NO5/c1-29-16-8-3-11(9-14(16)21)10-15(19(28)30-2)25-18(27)17(26)12-4-6-13(7-5-12)20(22,23)24/h3-9,15,17,26H,10H2,1-2H3,(H,25,27)/t15-,17-/m0/s1. The molecule has 10 heteroatoms. The molecule has 6 nitrogen and oxygen atoms in total. The van der Waals surface area contributed by atoms with Crippen LogP contribution >= 0.6 is 11.6 Å². The van der Waals surface area contributed by atoms with Crippen molar-refractivity contribution in [1.29, 1.82) is 0 Å². The van der Waals surface area contributed by atoms with Gasteiger partial charge in [-0.05, 0) is 35.4 Å². The van der Waals surface area contributed by atoms with Crippen LogP contribution in [0.5, 0.6) is 5.75 Å². The molecule has 0 aliphatic carbocycles. The lowest BCUT2D eigenvalue weighted by atomic mass is 10.0. The normalized spacial score (nSPS) is 13.3. The fourth-order valence-corrected chi connectivity index (χ4v) is 2.94. The van der Waals surface area contributed by atoms with Crippen LogP contribution in [0, 0.1) is 0 Å². The average Bonchev–Trinajstić information content (AvgIpc) is 2.71. The monoisotopic (exact) mass is 445 g/mol. The van der Waals surface area contributed by atoms with E-state index in [1.807, 2.05) is 0 Å². The van der Waals surface area contributed by atoms with E-state index >= 15 is 0 Å². The van der Waals surface area contributed by atoms with Crippen LogP contribution in [0.4, 0.5) is 13.2 Å². The highest BCUT2D eigenvalue weighted by molar-refractivity contribution is 6.32. The number of carbonyl (C=O) groups excluding carboxylic acids is 2. The summed E-state index contributed by atoms with van der Waals surface area (Å²) in [5, 5.41) is 12.8. The number of esters is 1. The Bertz CT molecular complexity index is 902. The van der Waals surface area contributed by atoms with Gasteiger partial charge >= 0.3 is 12.1 Å². The number of rotatable bonds is 7. The number of alkyl halides is 3. The average molecular weight is 446 g/mol. The predicted molar refractivity (Wildman–Crippen MR) is 102 cm³/mol. The Balaban J connectivity index is 2.14. The molecule has 2 aromatic carbocycles. The fourth-order valence-electron chi connectivity index (χ4n) is 2.66.